The van der Waals surface area contributed by atoms with Crippen LogP contribution >= 0.6 is 0 Å². The zero-order valence-electron chi connectivity index (χ0n) is 23.2. The molecule has 0 radical (unpaired) electrons. The summed E-state index contributed by atoms with van der Waals surface area (Å²) in [6.45, 7) is 0. The maximum atomic E-state index is 7.24. The number of nitrogens with two attached hydrogens (primary N) is 1. The van der Waals surface area contributed by atoms with Crippen molar-refractivity contribution in [2.75, 3.05) is 5.73 Å². The van der Waals surface area contributed by atoms with Crippen molar-refractivity contribution in [1.82, 2.24) is 6.15 Å². The largest absolute Gasteiger partial charge is 0.398 e. The molecule has 0 aliphatic rings. The molecule has 0 aromatic heterocycles. The van der Waals surface area contributed by atoms with Gasteiger partial charge in [0, 0.05) is 27.6 Å². The molecule has 0 spiro atoms. The van der Waals surface area contributed by atoms with Gasteiger partial charge in [0.05, 0.1) is 0 Å². The molecule has 0 aliphatic heterocycles. The second-order valence-electron chi connectivity index (χ2n) is 10.6. The Kier molecular flexibility index (Phi) is 6.19. The van der Waals surface area contributed by atoms with Gasteiger partial charge >= 0.3 is 0 Å². The lowest BCUT2D eigenvalue weighted by atomic mass is 9.77. The monoisotopic (exact) mass is 538 g/mol. The molecule has 42 heavy (non-hydrogen) atoms. The highest BCUT2D eigenvalue weighted by Crippen LogP contribution is 2.54. The van der Waals surface area contributed by atoms with E-state index >= 15 is 0 Å². The van der Waals surface area contributed by atoms with Crippen LogP contribution < -0.4 is 11.9 Å². The Morgan fingerprint density at radius 2 is 0.762 bits per heavy atom. The first-order chi connectivity index (χ1) is 20.3. The van der Waals surface area contributed by atoms with Crippen molar-refractivity contribution in [1.29, 1.82) is 0 Å². The smallest absolute Gasteiger partial charge is 0.0480 e. The molecule has 2 heteroatoms. The van der Waals surface area contributed by atoms with E-state index in [2.05, 4.69) is 152 Å². The maximum absolute atomic E-state index is 7.24. The second kappa shape index (κ2) is 10.2. The lowest BCUT2D eigenvalue weighted by Gasteiger charge is -2.26. The topological polar surface area (TPSA) is 61.0 Å². The van der Waals surface area contributed by atoms with Gasteiger partial charge in [0.25, 0.3) is 0 Å². The van der Waals surface area contributed by atoms with Crippen molar-refractivity contribution in [2.45, 2.75) is 0 Å². The van der Waals surface area contributed by atoms with Crippen LogP contribution in [-0.4, -0.2) is 0 Å². The lowest BCUT2D eigenvalue weighted by Crippen LogP contribution is -2.01. The van der Waals surface area contributed by atoms with Crippen molar-refractivity contribution >= 4 is 38.0 Å². The predicted octanol–water partition coefficient (Wildman–Crippen LogP) is 11.0. The van der Waals surface area contributed by atoms with Crippen LogP contribution in [0.15, 0.2) is 152 Å². The van der Waals surface area contributed by atoms with Gasteiger partial charge in [-0.05, 0) is 54.9 Å². The Morgan fingerprint density at radius 3 is 1.29 bits per heavy atom. The average Bonchev–Trinajstić information content (AvgIpc) is 3.05. The number of rotatable bonds is 4. The van der Waals surface area contributed by atoms with Gasteiger partial charge in [0.1, 0.15) is 0 Å². The summed E-state index contributed by atoms with van der Waals surface area (Å²) in [5.41, 5.74) is 17.5. The van der Waals surface area contributed by atoms with Crippen LogP contribution in [0.3, 0.4) is 0 Å². The molecule has 200 valence electrons. The Labute approximate surface area is 245 Å². The predicted molar refractivity (Wildman–Crippen MR) is 181 cm³/mol. The van der Waals surface area contributed by atoms with Gasteiger partial charge in [0.2, 0.25) is 0 Å². The minimum Gasteiger partial charge on any atom is -0.398 e. The van der Waals surface area contributed by atoms with Gasteiger partial charge in [0.15, 0.2) is 0 Å². The van der Waals surface area contributed by atoms with Gasteiger partial charge in [-0.2, -0.15) is 0 Å². The molecule has 0 saturated heterocycles. The van der Waals surface area contributed by atoms with Crippen LogP contribution in [0.25, 0.3) is 76.8 Å². The van der Waals surface area contributed by atoms with Gasteiger partial charge in [-0.1, -0.05) is 152 Å². The Hall–Kier alpha value is -5.44. The van der Waals surface area contributed by atoms with Crippen LogP contribution in [0.1, 0.15) is 0 Å². The summed E-state index contributed by atoms with van der Waals surface area (Å²) in [5.74, 6) is 0. The van der Waals surface area contributed by atoms with Gasteiger partial charge in [-0.15, -0.1) is 0 Å². The molecular weight excluding hydrogens is 508 g/mol. The van der Waals surface area contributed by atoms with Gasteiger partial charge < -0.3 is 11.9 Å². The van der Waals surface area contributed by atoms with Gasteiger partial charge in [-0.3, -0.25) is 0 Å². The van der Waals surface area contributed by atoms with E-state index in [4.69, 9.17) is 5.73 Å². The molecule has 0 fully saturated rings. The van der Waals surface area contributed by atoms with E-state index in [-0.39, 0.29) is 6.15 Å². The van der Waals surface area contributed by atoms with E-state index in [1.165, 1.54) is 54.7 Å². The quantitative estimate of drug-likeness (QED) is 0.173. The van der Waals surface area contributed by atoms with Crippen LogP contribution in [0.4, 0.5) is 5.69 Å². The van der Waals surface area contributed by atoms with Crippen molar-refractivity contribution in [2.24, 2.45) is 0 Å². The molecule has 8 aromatic rings. The maximum Gasteiger partial charge on any atom is 0.0480 e. The molecule has 0 heterocycles. The molecule has 8 aromatic carbocycles. The van der Waals surface area contributed by atoms with Crippen molar-refractivity contribution in [3.63, 3.8) is 0 Å². The van der Waals surface area contributed by atoms with E-state index < -0.39 is 0 Å². The van der Waals surface area contributed by atoms with E-state index in [0.29, 0.717) is 0 Å². The molecule has 2 nitrogen and oxygen atoms in total. The molecular formula is C40H30N2. The normalized spacial score (nSPS) is 11.2. The highest BCUT2D eigenvalue weighted by molar-refractivity contribution is 6.36. The van der Waals surface area contributed by atoms with Crippen molar-refractivity contribution in [3.8, 4) is 44.5 Å². The molecule has 0 unspecified atom stereocenters. The molecule has 0 aliphatic carbocycles. The van der Waals surface area contributed by atoms with Crippen LogP contribution in [0.2, 0.25) is 0 Å². The van der Waals surface area contributed by atoms with E-state index in [9.17, 15) is 0 Å². The third-order valence-electron chi connectivity index (χ3n) is 8.37. The second-order valence-corrected chi connectivity index (χ2v) is 10.6. The number of benzene rings is 8. The van der Waals surface area contributed by atoms with E-state index in [1.807, 2.05) is 0 Å². The first-order valence-electron chi connectivity index (χ1n) is 14.1. The van der Waals surface area contributed by atoms with Gasteiger partial charge in [-0.25, -0.2) is 0 Å². The summed E-state index contributed by atoms with van der Waals surface area (Å²) in [5, 5.41) is 7.31. The fourth-order valence-corrected chi connectivity index (χ4v) is 6.70. The summed E-state index contributed by atoms with van der Waals surface area (Å²) in [6, 6.07) is 54.2. The molecule has 8 rings (SSSR count). The highest BCUT2D eigenvalue weighted by Gasteiger charge is 2.27. The number of anilines is 1. The zero-order valence-corrected chi connectivity index (χ0v) is 23.2. The Bertz CT molecular complexity index is 2170. The third-order valence-corrected chi connectivity index (χ3v) is 8.37. The molecule has 5 N–H and O–H groups in total. The summed E-state index contributed by atoms with van der Waals surface area (Å²) >= 11 is 0. The molecule has 0 amide bonds. The summed E-state index contributed by atoms with van der Waals surface area (Å²) in [7, 11) is 0. The number of nitrogen functional groups attached to an aromatic ring is 1. The summed E-state index contributed by atoms with van der Waals surface area (Å²) in [4.78, 5) is 0. The van der Waals surface area contributed by atoms with Crippen molar-refractivity contribution in [3.05, 3.63) is 152 Å². The average molecular weight is 539 g/mol. The van der Waals surface area contributed by atoms with E-state index in [0.717, 1.165) is 27.8 Å². The van der Waals surface area contributed by atoms with E-state index in [1.54, 1.807) is 0 Å². The Morgan fingerprint density at radius 1 is 0.310 bits per heavy atom. The van der Waals surface area contributed by atoms with Crippen LogP contribution in [-0.2, 0) is 0 Å². The molecule has 0 bridgehead atoms. The van der Waals surface area contributed by atoms with Crippen LogP contribution in [0, 0.1) is 0 Å². The fraction of sp³-hybridized carbons (Fsp3) is 0. The number of hydrogen-bond acceptors (Lipinski definition) is 2. The molecule has 0 atom stereocenters. The zero-order chi connectivity index (χ0) is 27.3. The SMILES string of the molecule is N.Nc1c(-c2ccccc2)c(-c2ccccc2)c2c(-c3ccccc3)c(-c3ccccc3)c3cccc4ccc1c2c43. The third kappa shape index (κ3) is 3.77. The minimum atomic E-state index is 0. The lowest BCUT2D eigenvalue weighted by molar-refractivity contribution is 1.60. The first kappa shape index (κ1) is 25.5. The minimum absolute atomic E-state index is 0. The molecule has 0 saturated carbocycles. The number of hydrogen-bond donors (Lipinski definition) is 2. The first-order valence-corrected chi connectivity index (χ1v) is 14.1. The Balaban J connectivity index is 0.00000288. The fourth-order valence-electron chi connectivity index (χ4n) is 6.70. The summed E-state index contributed by atoms with van der Waals surface area (Å²) in [6.07, 6.45) is 0. The summed E-state index contributed by atoms with van der Waals surface area (Å²) < 4.78 is 0. The van der Waals surface area contributed by atoms with Crippen molar-refractivity contribution < 1.29 is 0 Å². The highest BCUT2D eigenvalue weighted by atomic mass is 14.6. The van der Waals surface area contributed by atoms with Crippen LogP contribution in [0.5, 0.6) is 0 Å². The standard InChI is InChI=1S/C40H27N.H3N/c41-40-32-25-24-30-22-13-23-31-33(26-14-5-1-6-15-26)35(27-16-7-2-8-17-27)39(38(32)34(30)31)36(28-18-9-3-10-19-28)37(40)29-20-11-4-12-21-29;/h1-25H,41H2;1H3.